The molecule has 1 aromatic carbocycles. The molecule has 5 nitrogen and oxygen atoms in total. The summed E-state index contributed by atoms with van der Waals surface area (Å²) in [4.78, 5) is 4.71. The van der Waals surface area contributed by atoms with Crippen LogP contribution in [0.15, 0.2) is 34.2 Å². The summed E-state index contributed by atoms with van der Waals surface area (Å²) < 4.78 is 29.1. The SMILES string of the molecule is CCN1CCN(C2=NS(=O)(=O)C(c3ccc(Cl)cc3)=C2C)CC1. The van der Waals surface area contributed by atoms with E-state index in [9.17, 15) is 8.42 Å². The first-order chi connectivity index (χ1) is 10.9. The van der Waals surface area contributed by atoms with Crippen molar-refractivity contribution in [3.8, 4) is 0 Å². The number of amidine groups is 1. The van der Waals surface area contributed by atoms with Crippen LogP contribution in [0.3, 0.4) is 0 Å². The molecule has 0 unspecified atom stereocenters. The molecule has 0 N–H and O–H groups in total. The monoisotopic (exact) mass is 353 g/mol. The average molecular weight is 354 g/mol. The Bertz CT molecular complexity index is 761. The molecule has 7 heteroatoms. The third-order valence-corrected chi connectivity index (χ3v) is 6.09. The predicted molar refractivity (Wildman–Crippen MR) is 94.1 cm³/mol. The van der Waals surface area contributed by atoms with Gasteiger partial charge >= 0.3 is 0 Å². The molecule has 2 heterocycles. The van der Waals surface area contributed by atoms with E-state index in [1.165, 1.54) is 0 Å². The first-order valence-corrected chi connectivity index (χ1v) is 9.53. The van der Waals surface area contributed by atoms with Crippen molar-refractivity contribution in [1.29, 1.82) is 0 Å². The number of hydrogen-bond acceptors (Lipinski definition) is 4. The second-order valence-corrected chi connectivity index (χ2v) is 7.75. The number of rotatable bonds is 2. The third kappa shape index (κ3) is 3.16. The average Bonchev–Trinajstić information content (AvgIpc) is 2.78. The van der Waals surface area contributed by atoms with Crippen LogP contribution in [0.2, 0.25) is 5.02 Å². The van der Waals surface area contributed by atoms with Gasteiger partial charge in [0.2, 0.25) is 0 Å². The maximum absolute atomic E-state index is 12.5. The molecular formula is C16H20ClN3O2S. The van der Waals surface area contributed by atoms with Crippen LogP contribution in [0.25, 0.3) is 4.91 Å². The van der Waals surface area contributed by atoms with Crippen LogP contribution in [-0.2, 0) is 10.0 Å². The predicted octanol–water partition coefficient (Wildman–Crippen LogP) is 2.45. The molecular weight excluding hydrogens is 334 g/mol. The fourth-order valence-electron chi connectivity index (χ4n) is 3.06. The van der Waals surface area contributed by atoms with E-state index in [2.05, 4.69) is 21.1 Å². The minimum Gasteiger partial charge on any atom is -0.353 e. The Hall–Kier alpha value is -1.37. The van der Waals surface area contributed by atoms with Crippen LogP contribution in [0, 0.1) is 0 Å². The summed E-state index contributed by atoms with van der Waals surface area (Å²) in [7, 11) is -3.65. The highest BCUT2D eigenvalue weighted by atomic mass is 35.5. The maximum Gasteiger partial charge on any atom is 0.285 e. The van der Waals surface area contributed by atoms with E-state index in [0.29, 0.717) is 21.3 Å². The van der Waals surface area contributed by atoms with Gasteiger partial charge in [0.25, 0.3) is 10.0 Å². The number of halogens is 1. The Labute approximate surface area is 142 Å². The standard InChI is InChI=1S/C16H20ClN3O2S/c1-3-19-8-10-20(11-9-19)16-12(2)15(23(21,22)18-16)13-4-6-14(17)7-5-13/h4-7H,3,8-11H2,1-2H3. The second kappa shape index (κ2) is 6.26. The van der Waals surface area contributed by atoms with E-state index in [0.717, 1.165) is 38.3 Å². The quantitative estimate of drug-likeness (QED) is 0.819. The van der Waals surface area contributed by atoms with Crippen LogP contribution in [0.4, 0.5) is 0 Å². The largest absolute Gasteiger partial charge is 0.353 e. The normalized spacial score (nSPS) is 21.7. The highest BCUT2D eigenvalue weighted by Gasteiger charge is 2.34. The van der Waals surface area contributed by atoms with E-state index in [4.69, 9.17) is 11.6 Å². The summed E-state index contributed by atoms with van der Waals surface area (Å²) >= 11 is 5.90. The Morgan fingerprint density at radius 2 is 1.74 bits per heavy atom. The van der Waals surface area contributed by atoms with Crippen molar-refractivity contribution in [3.63, 3.8) is 0 Å². The zero-order chi connectivity index (χ0) is 16.6. The number of sulfonamides is 1. The first-order valence-electron chi connectivity index (χ1n) is 7.72. The van der Waals surface area contributed by atoms with Gasteiger partial charge in [-0.05, 0) is 31.2 Å². The van der Waals surface area contributed by atoms with Crippen LogP contribution in [0.5, 0.6) is 0 Å². The molecule has 23 heavy (non-hydrogen) atoms. The molecule has 0 spiro atoms. The summed E-state index contributed by atoms with van der Waals surface area (Å²) in [6.07, 6.45) is 0. The van der Waals surface area contributed by atoms with Crippen LogP contribution >= 0.6 is 11.6 Å². The topological polar surface area (TPSA) is 53.0 Å². The lowest BCUT2D eigenvalue weighted by molar-refractivity contribution is 0.190. The van der Waals surface area contributed by atoms with Crippen molar-refractivity contribution in [2.24, 2.45) is 4.40 Å². The van der Waals surface area contributed by atoms with Gasteiger partial charge in [0.15, 0.2) is 0 Å². The summed E-state index contributed by atoms with van der Waals surface area (Å²) in [6.45, 7) is 8.44. The number of likely N-dealkylation sites (N-methyl/N-ethyl adjacent to an activating group) is 1. The summed E-state index contributed by atoms with van der Waals surface area (Å²) in [5.74, 6) is 0.589. The Morgan fingerprint density at radius 1 is 1.13 bits per heavy atom. The molecule has 0 bridgehead atoms. The zero-order valence-electron chi connectivity index (χ0n) is 13.3. The Morgan fingerprint density at radius 3 is 2.30 bits per heavy atom. The van der Waals surface area contributed by atoms with Crippen molar-refractivity contribution in [3.05, 3.63) is 40.4 Å². The Kier molecular flexibility index (Phi) is 4.49. The molecule has 124 valence electrons. The lowest BCUT2D eigenvalue weighted by Crippen LogP contribution is -2.48. The van der Waals surface area contributed by atoms with Gasteiger partial charge < -0.3 is 9.80 Å². The van der Waals surface area contributed by atoms with Crippen LogP contribution < -0.4 is 0 Å². The van der Waals surface area contributed by atoms with Gasteiger partial charge in [-0.1, -0.05) is 30.7 Å². The summed E-state index contributed by atoms with van der Waals surface area (Å²) in [5, 5.41) is 0.583. The van der Waals surface area contributed by atoms with Crippen molar-refractivity contribution in [2.75, 3.05) is 32.7 Å². The zero-order valence-corrected chi connectivity index (χ0v) is 14.9. The minimum atomic E-state index is -3.65. The molecule has 0 atom stereocenters. The minimum absolute atomic E-state index is 0.294. The van der Waals surface area contributed by atoms with Crippen molar-refractivity contribution >= 4 is 32.4 Å². The van der Waals surface area contributed by atoms with Crippen LogP contribution in [0.1, 0.15) is 19.4 Å². The van der Waals surface area contributed by atoms with Crippen molar-refractivity contribution in [2.45, 2.75) is 13.8 Å². The van der Waals surface area contributed by atoms with Gasteiger partial charge in [-0.2, -0.15) is 8.42 Å². The van der Waals surface area contributed by atoms with E-state index in [1.54, 1.807) is 24.3 Å². The summed E-state index contributed by atoms with van der Waals surface area (Å²) in [5.41, 5.74) is 1.36. The second-order valence-electron chi connectivity index (χ2n) is 5.77. The molecule has 0 amide bonds. The van der Waals surface area contributed by atoms with E-state index >= 15 is 0 Å². The van der Waals surface area contributed by atoms with Crippen molar-refractivity contribution in [1.82, 2.24) is 9.80 Å². The molecule has 0 radical (unpaired) electrons. The number of hydrogen-bond donors (Lipinski definition) is 0. The molecule has 0 saturated carbocycles. The van der Waals surface area contributed by atoms with Crippen molar-refractivity contribution < 1.29 is 8.42 Å². The molecule has 3 rings (SSSR count). The van der Waals surface area contributed by atoms with Gasteiger partial charge in [-0.25, -0.2) is 0 Å². The fraction of sp³-hybridized carbons (Fsp3) is 0.438. The molecule has 2 aliphatic rings. The third-order valence-electron chi connectivity index (χ3n) is 4.37. The molecule has 2 aliphatic heterocycles. The van der Waals surface area contributed by atoms with E-state index in [1.807, 2.05) is 6.92 Å². The molecule has 0 aromatic heterocycles. The summed E-state index contributed by atoms with van der Waals surface area (Å²) in [6, 6.07) is 6.85. The Balaban J connectivity index is 1.93. The lowest BCUT2D eigenvalue weighted by atomic mass is 10.1. The van der Waals surface area contributed by atoms with Gasteiger partial charge in [0.05, 0.1) is 0 Å². The number of piperazine rings is 1. The van der Waals surface area contributed by atoms with E-state index in [-0.39, 0.29) is 0 Å². The molecule has 0 aliphatic carbocycles. The number of benzene rings is 1. The lowest BCUT2D eigenvalue weighted by Gasteiger charge is -2.35. The molecule has 1 fully saturated rings. The highest BCUT2D eigenvalue weighted by molar-refractivity contribution is 8.00. The fourth-order valence-corrected chi connectivity index (χ4v) is 4.67. The van der Waals surface area contributed by atoms with Gasteiger partial charge in [-0.3, -0.25) is 0 Å². The maximum atomic E-state index is 12.5. The molecule has 1 saturated heterocycles. The van der Waals surface area contributed by atoms with Crippen LogP contribution in [-0.4, -0.2) is 56.8 Å². The van der Waals surface area contributed by atoms with E-state index < -0.39 is 10.0 Å². The van der Waals surface area contributed by atoms with Gasteiger partial charge in [-0.15, -0.1) is 4.40 Å². The highest BCUT2D eigenvalue weighted by Crippen LogP contribution is 2.34. The smallest absolute Gasteiger partial charge is 0.285 e. The number of nitrogens with zero attached hydrogens (tertiary/aromatic N) is 3. The molecule has 1 aromatic rings. The van der Waals surface area contributed by atoms with Gasteiger partial charge in [0.1, 0.15) is 10.7 Å². The van der Waals surface area contributed by atoms with Gasteiger partial charge in [0, 0.05) is 36.8 Å². The first kappa shape index (κ1) is 16.5.